The average Bonchev–Trinajstić information content (AvgIpc) is 2.36. The molecule has 0 heterocycles. The number of unbranched alkanes of at least 4 members (excludes halogenated alkanes) is 1. The number of rotatable bonds is 7. The molecule has 0 unspecified atom stereocenters. The van der Waals surface area contributed by atoms with E-state index in [0.717, 1.165) is 6.42 Å². The third-order valence-corrected chi connectivity index (χ3v) is 4.64. The quantitative estimate of drug-likeness (QED) is 0.729. The molecule has 116 valence electrons. The maximum Gasteiger partial charge on any atom is 0.242 e. The summed E-state index contributed by atoms with van der Waals surface area (Å²) in [5, 5.41) is 0.252. The minimum Gasteiger partial charge on any atom is -0.495 e. The Morgan fingerprint density at radius 2 is 1.90 bits per heavy atom. The number of sulfonamides is 1. The van der Waals surface area contributed by atoms with E-state index in [9.17, 15) is 8.42 Å². The first-order chi connectivity index (χ1) is 8.92. The summed E-state index contributed by atoms with van der Waals surface area (Å²) < 4.78 is 31.5. The van der Waals surface area contributed by atoms with Gasteiger partial charge in [-0.05, 0) is 25.5 Å². The van der Waals surface area contributed by atoms with E-state index in [1.165, 1.54) is 19.2 Å². The van der Waals surface area contributed by atoms with Gasteiger partial charge in [-0.2, -0.15) is 0 Å². The average molecular weight is 364 g/mol. The zero-order valence-corrected chi connectivity index (χ0v) is 14.0. The Balaban J connectivity index is 0.00000361. The molecule has 0 atom stereocenters. The minimum absolute atomic E-state index is 0. The Morgan fingerprint density at radius 1 is 1.25 bits per heavy atom. The molecule has 0 aliphatic rings. The molecule has 0 aromatic heterocycles. The molecule has 9 heteroatoms. The third kappa shape index (κ3) is 5.27. The van der Waals surface area contributed by atoms with Crippen molar-refractivity contribution >= 4 is 45.6 Å². The highest BCUT2D eigenvalue weighted by Gasteiger charge is 2.19. The van der Waals surface area contributed by atoms with Gasteiger partial charge in [-0.25, -0.2) is 13.1 Å². The molecule has 0 fully saturated rings. The molecule has 0 radical (unpaired) electrons. The van der Waals surface area contributed by atoms with Gasteiger partial charge in [-0.1, -0.05) is 23.2 Å². The molecule has 0 aliphatic heterocycles. The summed E-state index contributed by atoms with van der Waals surface area (Å²) in [5.41, 5.74) is 5.34. The van der Waals surface area contributed by atoms with E-state index in [2.05, 4.69) is 4.72 Å². The Kier molecular flexibility index (Phi) is 8.81. The highest BCUT2D eigenvalue weighted by molar-refractivity contribution is 7.89. The summed E-state index contributed by atoms with van der Waals surface area (Å²) in [5.74, 6) is 0.328. The Bertz CT molecular complexity index is 538. The molecule has 0 saturated heterocycles. The summed E-state index contributed by atoms with van der Waals surface area (Å²) in [4.78, 5) is -0.0623. The molecule has 0 amide bonds. The molecule has 5 nitrogen and oxygen atoms in total. The molecule has 0 saturated carbocycles. The molecule has 1 aromatic carbocycles. The molecule has 20 heavy (non-hydrogen) atoms. The van der Waals surface area contributed by atoms with E-state index < -0.39 is 10.0 Å². The van der Waals surface area contributed by atoms with Crippen molar-refractivity contribution in [1.82, 2.24) is 4.72 Å². The Labute approximate surface area is 135 Å². The van der Waals surface area contributed by atoms with Crippen molar-refractivity contribution in [3.05, 3.63) is 22.2 Å². The number of hydrogen-bond donors (Lipinski definition) is 2. The van der Waals surface area contributed by atoms with Crippen LogP contribution in [0.15, 0.2) is 17.0 Å². The second-order valence-corrected chi connectivity index (χ2v) is 6.36. The van der Waals surface area contributed by atoms with Crippen LogP contribution in [0.25, 0.3) is 0 Å². The van der Waals surface area contributed by atoms with Crippen molar-refractivity contribution in [2.24, 2.45) is 5.73 Å². The molecule has 0 bridgehead atoms. The molecule has 3 N–H and O–H groups in total. The lowest BCUT2D eigenvalue weighted by Gasteiger charge is -2.10. The molecular weight excluding hydrogens is 347 g/mol. The van der Waals surface area contributed by atoms with E-state index in [1.54, 1.807) is 0 Å². The number of nitrogens with one attached hydrogen (secondary N) is 1. The first-order valence-electron chi connectivity index (χ1n) is 5.65. The monoisotopic (exact) mass is 362 g/mol. The molecule has 0 aliphatic carbocycles. The van der Waals surface area contributed by atoms with Crippen LogP contribution in [0.5, 0.6) is 5.75 Å². The summed E-state index contributed by atoms with van der Waals surface area (Å²) in [7, 11) is -2.25. The lowest BCUT2D eigenvalue weighted by atomic mass is 10.3. The fourth-order valence-corrected chi connectivity index (χ4v) is 3.35. The van der Waals surface area contributed by atoms with E-state index in [1.807, 2.05) is 0 Å². The van der Waals surface area contributed by atoms with Crippen LogP contribution in [0.2, 0.25) is 10.0 Å². The van der Waals surface area contributed by atoms with E-state index in [-0.39, 0.29) is 27.3 Å². The zero-order chi connectivity index (χ0) is 14.5. The van der Waals surface area contributed by atoms with Crippen LogP contribution >= 0.6 is 35.6 Å². The topological polar surface area (TPSA) is 81.4 Å². The van der Waals surface area contributed by atoms with Crippen molar-refractivity contribution in [1.29, 1.82) is 0 Å². The Morgan fingerprint density at radius 3 is 2.45 bits per heavy atom. The third-order valence-electron chi connectivity index (χ3n) is 2.42. The van der Waals surface area contributed by atoms with Crippen molar-refractivity contribution < 1.29 is 13.2 Å². The van der Waals surface area contributed by atoms with Crippen molar-refractivity contribution in [2.45, 2.75) is 17.7 Å². The fourth-order valence-electron chi connectivity index (χ4n) is 1.43. The minimum atomic E-state index is -3.68. The molecule has 0 spiro atoms. The van der Waals surface area contributed by atoms with E-state index >= 15 is 0 Å². The maximum atomic E-state index is 12.0. The number of nitrogens with two attached hydrogens (primary N) is 1. The van der Waals surface area contributed by atoms with Crippen LogP contribution in [0.4, 0.5) is 0 Å². The van der Waals surface area contributed by atoms with Gasteiger partial charge in [0.25, 0.3) is 0 Å². The highest BCUT2D eigenvalue weighted by Crippen LogP contribution is 2.33. The van der Waals surface area contributed by atoms with Gasteiger partial charge in [0, 0.05) is 12.6 Å². The SMILES string of the molecule is COc1cc(Cl)c(S(=O)(=O)NCCCCN)cc1Cl.Cl. The standard InChI is InChI=1S/C11H16Cl2N2O3S.ClH/c1-18-10-6-9(13)11(7-8(10)12)19(16,17)15-5-3-2-4-14;/h6-7,15H,2-5,14H2,1H3;1H. The summed E-state index contributed by atoms with van der Waals surface area (Å²) in [6.07, 6.45) is 1.41. The first kappa shape index (κ1) is 19.8. The summed E-state index contributed by atoms with van der Waals surface area (Å²) in [6, 6.07) is 2.65. The number of methoxy groups -OCH3 is 1. The predicted molar refractivity (Wildman–Crippen MR) is 83.7 cm³/mol. The van der Waals surface area contributed by atoms with Crippen LogP contribution in [0, 0.1) is 0 Å². The first-order valence-corrected chi connectivity index (χ1v) is 7.89. The van der Waals surface area contributed by atoms with E-state index in [0.29, 0.717) is 25.3 Å². The summed E-state index contributed by atoms with van der Waals surface area (Å²) in [6.45, 7) is 0.830. The predicted octanol–water partition coefficient (Wildman–Crippen LogP) is 2.44. The zero-order valence-electron chi connectivity index (χ0n) is 10.9. The van der Waals surface area contributed by atoms with Gasteiger partial charge in [0.1, 0.15) is 10.6 Å². The van der Waals surface area contributed by atoms with Crippen molar-refractivity contribution in [2.75, 3.05) is 20.2 Å². The lowest BCUT2D eigenvalue weighted by molar-refractivity contribution is 0.414. The maximum absolute atomic E-state index is 12.0. The van der Waals surface area contributed by atoms with Crippen LogP contribution in [-0.4, -0.2) is 28.6 Å². The van der Waals surface area contributed by atoms with Gasteiger partial charge < -0.3 is 10.5 Å². The van der Waals surface area contributed by atoms with Gasteiger partial charge in [-0.3, -0.25) is 0 Å². The van der Waals surface area contributed by atoms with Crippen LogP contribution in [-0.2, 0) is 10.0 Å². The van der Waals surface area contributed by atoms with Crippen molar-refractivity contribution in [3.8, 4) is 5.75 Å². The smallest absolute Gasteiger partial charge is 0.242 e. The van der Waals surface area contributed by atoms with Gasteiger partial charge in [0.05, 0.1) is 17.2 Å². The highest BCUT2D eigenvalue weighted by atomic mass is 35.5. The molecule has 1 aromatic rings. The molecule has 1 rings (SSSR count). The number of benzene rings is 1. The lowest BCUT2D eigenvalue weighted by Crippen LogP contribution is -2.25. The largest absolute Gasteiger partial charge is 0.495 e. The molecular formula is C11H17Cl3N2O3S. The Hall–Kier alpha value is -0.240. The number of ether oxygens (including phenoxy) is 1. The van der Waals surface area contributed by atoms with Crippen LogP contribution in [0.1, 0.15) is 12.8 Å². The van der Waals surface area contributed by atoms with Gasteiger partial charge >= 0.3 is 0 Å². The number of hydrogen-bond acceptors (Lipinski definition) is 4. The van der Waals surface area contributed by atoms with Gasteiger partial charge in [0.15, 0.2) is 0 Å². The second-order valence-electron chi connectivity index (χ2n) is 3.81. The normalized spacial score (nSPS) is 11.0. The van der Waals surface area contributed by atoms with Crippen molar-refractivity contribution in [3.63, 3.8) is 0 Å². The van der Waals surface area contributed by atoms with Gasteiger partial charge in [0.2, 0.25) is 10.0 Å². The van der Waals surface area contributed by atoms with E-state index in [4.69, 9.17) is 33.7 Å². The van der Waals surface area contributed by atoms with Gasteiger partial charge in [-0.15, -0.1) is 12.4 Å². The number of halogens is 3. The summed E-state index contributed by atoms with van der Waals surface area (Å²) >= 11 is 11.8. The second kappa shape index (κ2) is 8.92. The fraction of sp³-hybridized carbons (Fsp3) is 0.455. The van der Waals surface area contributed by atoms with Crippen LogP contribution < -0.4 is 15.2 Å². The van der Waals surface area contributed by atoms with Crippen LogP contribution in [0.3, 0.4) is 0 Å².